The van der Waals surface area contributed by atoms with Gasteiger partial charge in [-0.3, -0.25) is 14.1 Å². The monoisotopic (exact) mass is 527 g/mol. The lowest BCUT2D eigenvalue weighted by Crippen LogP contribution is -2.50. The summed E-state index contributed by atoms with van der Waals surface area (Å²) in [5, 5.41) is 8.38. The van der Waals surface area contributed by atoms with Gasteiger partial charge in [0.05, 0.1) is 17.9 Å². The number of likely N-dealkylation sites (N-methyl/N-ethyl adjacent to an activating group) is 1. The van der Waals surface area contributed by atoms with Gasteiger partial charge in [0.15, 0.2) is 0 Å². The Morgan fingerprint density at radius 2 is 1.72 bits per heavy atom. The molecule has 1 aliphatic carbocycles. The Hall–Kier alpha value is -3.50. The molecule has 4 aromatic rings. The molecule has 0 bridgehead atoms. The van der Waals surface area contributed by atoms with Gasteiger partial charge in [-0.15, -0.1) is 5.10 Å². The highest BCUT2D eigenvalue weighted by Crippen LogP contribution is 2.28. The first-order chi connectivity index (χ1) is 19.1. The number of carbonyl (C=O) groups is 1. The van der Waals surface area contributed by atoms with Gasteiger partial charge in [0, 0.05) is 74.9 Å². The van der Waals surface area contributed by atoms with Crippen LogP contribution in [0.25, 0.3) is 22.3 Å². The Morgan fingerprint density at radius 3 is 2.51 bits per heavy atom. The van der Waals surface area contributed by atoms with E-state index < -0.39 is 0 Å². The van der Waals surface area contributed by atoms with E-state index in [1.165, 1.54) is 39.0 Å². The molecule has 39 heavy (non-hydrogen) atoms. The minimum Gasteiger partial charge on any atom is -0.350 e. The molecule has 1 saturated carbocycles. The Bertz CT molecular complexity index is 1470. The van der Waals surface area contributed by atoms with Gasteiger partial charge >= 0.3 is 0 Å². The average molecular weight is 528 g/mol. The number of hydrogen-bond acceptors (Lipinski definition) is 7. The van der Waals surface area contributed by atoms with Gasteiger partial charge in [-0.2, -0.15) is 0 Å². The van der Waals surface area contributed by atoms with Crippen molar-refractivity contribution in [1.82, 2.24) is 38.7 Å². The summed E-state index contributed by atoms with van der Waals surface area (Å²) >= 11 is 0. The molecule has 6 heterocycles. The van der Waals surface area contributed by atoms with Gasteiger partial charge in [-0.25, -0.2) is 14.5 Å². The van der Waals surface area contributed by atoms with Crippen molar-refractivity contribution < 1.29 is 4.79 Å². The van der Waals surface area contributed by atoms with Crippen LogP contribution in [0.3, 0.4) is 0 Å². The molecule has 0 atom stereocenters. The van der Waals surface area contributed by atoms with Crippen LogP contribution in [0, 0.1) is 0 Å². The summed E-state index contributed by atoms with van der Waals surface area (Å²) in [6.45, 7) is 6.39. The topological polar surface area (TPSA) is 86.3 Å². The first-order valence-electron chi connectivity index (χ1n) is 14.4. The van der Waals surface area contributed by atoms with E-state index >= 15 is 0 Å². The molecule has 2 saturated heterocycles. The van der Waals surface area contributed by atoms with Gasteiger partial charge in [-0.05, 0) is 63.8 Å². The minimum atomic E-state index is 0.0514. The first-order valence-corrected chi connectivity index (χ1v) is 14.4. The maximum absolute atomic E-state index is 13.1. The number of pyridine rings is 1. The number of anilines is 1. The highest BCUT2D eigenvalue weighted by atomic mass is 16.2. The van der Waals surface area contributed by atoms with E-state index in [2.05, 4.69) is 38.2 Å². The number of likely N-dealkylation sites (tertiary alicyclic amines) is 1. The van der Waals surface area contributed by atoms with Crippen LogP contribution >= 0.6 is 0 Å². The zero-order valence-corrected chi connectivity index (χ0v) is 22.7. The predicted octanol–water partition coefficient (Wildman–Crippen LogP) is 3.25. The van der Waals surface area contributed by atoms with Crippen LogP contribution in [0.1, 0.15) is 49.0 Å². The normalized spacial score (nSPS) is 23.2. The van der Waals surface area contributed by atoms with Crippen LogP contribution < -0.4 is 5.32 Å². The molecule has 3 fully saturated rings. The number of carbonyl (C=O) groups excluding carboxylic acids is 1. The molecule has 0 radical (unpaired) electrons. The number of nitrogens with zero attached hydrogens (tertiary/aromatic N) is 8. The number of fused-ring (bicyclic) bond motifs is 2. The van der Waals surface area contributed by atoms with E-state index in [-0.39, 0.29) is 5.91 Å². The van der Waals surface area contributed by atoms with Crippen LogP contribution in [0.4, 0.5) is 5.95 Å². The van der Waals surface area contributed by atoms with Crippen molar-refractivity contribution in [2.45, 2.75) is 50.6 Å². The van der Waals surface area contributed by atoms with Crippen LogP contribution in [0.2, 0.25) is 0 Å². The third-order valence-electron chi connectivity index (χ3n) is 8.93. The summed E-state index contributed by atoms with van der Waals surface area (Å²) in [7, 11) is 2.22. The van der Waals surface area contributed by atoms with Gasteiger partial charge < -0.3 is 15.1 Å². The van der Waals surface area contributed by atoms with Crippen molar-refractivity contribution >= 4 is 23.0 Å². The summed E-state index contributed by atoms with van der Waals surface area (Å²) in [6.07, 6.45) is 14.5. The van der Waals surface area contributed by atoms with Gasteiger partial charge in [-0.1, -0.05) is 0 Å². The highest BCUT2D eigenvalue weighted by molar-refractivity contribution is 5.93. The Balaban J connectivity index is 1.05. The highest BCUT2D eigenvalue weighted by Gasteiger charge is 2.28. The molecule has 3 aliphatic rings. The zero-order chi connectivity index (χ0) is 26.3. The van der Waals surface area contributed by atoms with Crippen molar-refractivity contribution in [3.63, 3.8) is 0 Å². The third kappa shape index (κ3) is 4.76. The van der Waals surface area contributed by atoms with E-state index in [0.29, 0.717) is 23.7 Å². The van der Waals surface area contributed by atoms with Crippen molar-refractivity contribution in [2.75, 3.05) is 51.6 Å². The van der Waals surface area contributed by atoms with Gasteiger partial charge in [0.2, 0.25) is 5.95 Å². The second-order valence-corrected chi connectivity index (χ2v) is 11.4. The minimum absolute atomic E-state index is 0.0514. The van der Waals surface area contributed by atoms with E-state index in [0.717, 1.165) is 61.1 Å². The van der Waals surface area contributed by atoms with E-state index in [1.807, 2.05) is 44.5 Å². The second-order valence-electron chi connectivity index (χ2n) is 11.4. The molecule has 0 unspecified atom stereocenters. The number of aromatic nitrogens is 5. The van der Waals surface area contributed by atoms with Crippen LogP contribution in [0.15, 0.2) is 43.0 Å². The number of hydrogen-bond donors (Lipinski definition) is 1. The number of nitrogens with one attached hydrogen (secondary N) is 1. The standard InChI is InChI=1S/C29H37N9O/c1-34-14-16-35(17-15-34)23-7-5-22(6-8-23)32-29-31-18-25-24(10-13-38(25)33-29)21-4-9-27-30-19-26(37(27)20-21)28(39)36-11-2-3-12-36/h4,9-10,13,18-20,22-23H,2-3,5-8,11-12,14-17H2,1H3,(H,32,33)/t22-,23+. The molecular weight excluding hydrogens is 490 g/mol. The SMILES string of the molecule is CN1CCN([C@H]2CC[C@@H](Nc3ncc4c(-c5ccc6ncc(C(=O)N7CCCC7)n6c5)ccn4n3)CC2)CC1. The summed E-state index contributed by atoms with van der Waals surface area (Å²) in [6, 6.07) is 7.21. The molecule has 1 amide bonds. The number of imidazole rings is 1. The van der Waals surface area contributed by atoms with Crippen LogP contribution in [-0.4, -0.2) is 103 Å². The smallest absolute Gasteiger partial charge is 0.272 e. The predicted molar refractivity (Wildman–Crippen MR) is 151 cm³/mol. The van der Waals surface area contributed by atoms with Crippen molar-refractivity contribution in [3.8, 4) is 11.1 Å². The van der Waals surface area contributed by atoms with Crippen molar-refractivity contribution in [3.05, 3.63) is 48.7 Å². The second kappa shape index (κ2) is 10.2. The quantitative estimate of drug-likeness (QED) is 0.426. The number of rotatable bonds is 5. The molecule has 2 aliphatic heterocycles. The van der Waals surface area contributed by atoms with Gasteiger partial charge in [0.1, 0.15) is 11.3 Å². The maximum atomic E-state index is 13.1. The van der Waals surface area contributed by atoms with E-state index in [1.54, 1.807) is 6.20 Å². The number of piperazine rings is 1. The van der Waals surface area contributed by atoms with Crippen LogP contribution in [0.5, 0.6) is 0 Å². The molecule has 0 aromatic carbocycles. The van der Waals surface area contributed by atoms with E-state index in [9.17, 15) is 4.79 Å². The lowest BCUT2D eigenvalue weighted by Gasteiger charge is -2.41. The fourth-order valence-electron chi connectivity index (χ4n) is 6.55. The molecule has 7 rings (SSSR count). The summed E-state index contributed by atoms with van der Waals surface area (Å²) in [5.74, 6) is 0.728. The Kier molecular flexibility index (Phi) is 6.44. The Morgan fingerprint density at radius 1 is 0.923 bits per heavy atom. The maximum Gasteiger partial charge on any atom is 0.272 e. The summed E-state index contributed by atoms with van der Waals surface area (Å²) in [5.41, 5.74) is 4.36. The fourth-order valence-corrected chi connectivity index (χ4v) is 6.55. The molecule has 204 valence electrons. The molecule has 0 spiro atoms. The van der Waals surface area contributed by atoms with Crippen LogP contribution in [-0.2, 0) is 0 Å². The molecule has 1 N–H and O–H groups in total. The molecule has 4 aromatic heterocycles. The third-order valence-corrected chi connectivity index (χ3v) is 8.93. The van der Waals surface area contributed by atoms with Gasteiger partial charge in [0.25, 0.3) is 5.91 Å². The summed E-state index contributed by atoms with van der Waals surface area (Å²) in [4.78, 5) is 29.3. The van der Waals surface area contributed by atoms with Crippen molar-refractivity contribution in [1.29, 1.82) is 0 Å². The molecule has 10 nitrogen and oxygen atoms in total. The number of amides is 1. The molecular formula is C29H37N9O. The average Bonchev–Trinajstić information content (AvgIpc) is 3.73. The molecule has 10 heteroatoms. The lowest BCUT2D eigenvalue weighted by atomic mass is 9.90. The van der Waals surface area contributed by atoms with E-state index in [4.69, 9.17) is 5.10 Å². The Labute approximate surface area is 228 Å². The zero-order valence-electron chi connectivity index (χ0n) is 22.7. The lowest BCUT2D eigenvalue weighted by molar-refractivity contribution is 0.0786. The first kappa shape index (κ1) is 24.5. The largest absolute Gasteiger partial charge is 0.350 e. The van der Waals surface area contributed by atoms with Crippen molar-refractivity contribution in [2.24, 2.45) is 0 Å². The summed E-state index contributed by atoms with van der Waals surface area (Å²) < 4.78 is 3.81. The fraction of sp³-hybridized carbons (Fsp3) is 0.517.